The molecule has 0 saturated heterocycles. The minimum absolute atomic E-state index is 0.00700. The Balaban J connectivity index is 1.82. The van der Waals surface area contributed by atoms with Crippen molar-refractivity contribution >= 4 is 33.5 Å². The molecule has 0 atom stereocenters. The van der Waals surface area contributed by atoms with Gasteiger partial charge in [0.25, 0.3) is 0 Å². The lowest BCUT2D eigenvalue weighted by Gasteiger charge is -2.09. The fraction of sp³-hybridized carbons (Fsp3) is 0.217. The zero-order valence-corrected chi connectivity index (χ0v) is 15.7. The smallest absolute Gasteiger partial charge is 0.336 e. The molecule has 0 aliphatic heterocycles. The molecule has 4 aromatic rings. The first-order chi connectivity index (χ1) is 13.5. The highest BCUT2D eigenvalue weighted by Crippen LogP contribution is 2.42. The van der Waals surface area contributed by atoms with Crippen molar-refractivity contribution in [2.75, 3.05) is 5.32 Å². The second-order valence-electron chi connectivity index (χ2n) is 7.50. The van der Waals surface area contributed by atoms with Gasteiger partial charge in [0.1, 0.15) is 11.2 Å². The number of fused-ring (bicyclic) bond motifs is 2. The van der Waals surface area contributed by atoms with E-state index < -0.39 is 5.63 Å². The van der Waals surface area contributed by atoms with Gasteiger partial charge in [-0.3, -0.25) is 4.79 Å². The van der Waals surface area contributed by atoms with E-state index in [1.165, 1.54) is 6.07 Å². The van der Waals surface area contributed by atoms with Gasteiger partial charge in [0.2, 0.25) is 5.91 Å². The van der Waals surface area contributed by atoms with Crippen molar-refractivity contribution in [3.05, 3.63) is 64.0 Å². The molecule has 28 heavy (non-hydrogen) atoms. The third-order valence-electron chi connectivity index (χ3n) is 5.21. The van der Waals surface area contributed by atoms with Crippen LogP contribution in [0.25, 0.3) is 33.3 Å². The molecule has 5 nitrogen and oxygen atoms in total. The molecular formula is C23H19NO4. The lowest BCUT2D eigenvalue weighted by molar-refractivity contribution is -0.117. The van der Waals surface area contributed by atoms with Crippen molar-refractivity contribution < 1.29 is 13.6 Å². The van der Waals surface area contributed by atoms with E-state index in [0.29, 0.717) is 28.2 Å². The highest BCUT2D eigenvalue weighted by molar-refractivity contribution is 6.10. The van der Waals surface area contributed by atoms with Gasteiger partial charge in [-0.25, -0.2) is 4.79 Å². The van der Waals surface area contributed by atoms with Crippen molar-refractivity contribution in [2.45, 2.75) is 26.7 Å². The molecule has 1 aliphatic carbocycles. The number of para-hydroxylation sites is 1. The number of anilines is 1. The summed E-state index contributed by atoms with van der Waals surface area (Å²) in [5.41, 5.74) is 3.92. The van der Waals surface area contributed by atoms with Crippen LogP contribution in [0.2, 0.25) is 0 Å². The molecule has 1 fully saturated rings. The Morgan fingerprint density at radius 1 is 1.04 bits per heavy atom. The molecule has 1 N–H and O–H groups in total. The maximum atomic E-state index is 12.5. The summed E-state index contributed by atoms with van der Waals surface area (Å²) in [7, 11) is 0. The Hall–Kier alpha value is -3.34. The molecule has 0 spiro atoms. The van der Waals surface area contributed by atoms with Crippen LogP contribution in [0, 0.1) is 19.8 Å². The summed E-state index contributed by atoms with van der Waals surface area (Å²) in [6.07, 6.45) is 1.82. The molecule has 2 heterocycles. The minimum Gasteiger partial charge on any atom is -0.454 e. The van der Waals surface area contributed by atoms with E-state index in [1.807, 2.05) is 50.2 Å². The van der Waals surface area contributed by atoms with Crippen LogP contribution >= 0.6 is 0 Å². The van der Waals surface area contributed by atoms with Gasteiger partial charge >= 0.3 is 5.63 Å². The summed E-state index contributed by atoms with van der Waals surface area (Å²) >= 11 is 0. The zero-order chi connectivity index (χ0) is 19.4. The van der Waals surface area contributed by atoms with E-state index in [2.05, 4.69) is 5.32 Å². The first-order valence-corrected chi connectivity index (χ1v) is 9.39. The molecule has 5 heteroatoms. The van der Waals surface area contributed by atoms with E-state index in [-0.39, 0.29) is 11.8 Å². The summed E-state index contributed by atoms with van der Waals surface area (Å²) in [4.78, 5) is 24.8. The van der Waals surface area contributed by atoms with Gasteiger partial charge < -0.3 is 14.2 Å². The van der Waals surface area contributed by atoms with Crippen LogP contribution in [-0.4, -0.2) is 5.91 Å². The van der Waals surface area contributed by atoms with Crippen molar-refractivity contribution in [1.82, 2.24) is 0 Å². The van der Waals surface area contributed by atoms with Crippen LogP contribution < -0.4 is 10.9 Å². The summed E-state index contributed by atoms with van der Waals surface area (Å²) in [6.45, 7) is 3.91. The molecular weight excluding hydrogens is 354 g/mol. The highest BCUT2D eigenvalue weighted by Gasteiger charge is 2.31. The molecule has 0 radical (unpaired) electrons. The largest absolute Gasteiger partial charge is 0.454 e. The first kappa shape index (κ1) is 16.8. The average Bonchev–Trinajstić information content (AvgIpc) is 3.45. The van der Waals surface area contributed by atoms with E-state index in [1.54, 1.807) is 0 Å². The molecule has 1 saturated carbocycles. The van der Waals surface area contributed by atoms with E-state index in [4.69, 9.17) is 8.83 Å². The predicted molar refractivity (Wildman–Crippen MR) is 109 cm³/mol. The number of nitrogens with one attached hydrogen (secondary N) is 1. The Morgan fingerprint density at radius 3 is 2.61 bits per heavy atom. The van der Waals surface area contributed by atoms with Gasteiger partial charge in [0.15, 0.2) is 5.76 Å². The summed E-state index contributed by atoms with van der Waals surface area (Å²) in [5.74, 6) is 0.536. The lowest BCUT2D eigenvalue weighted by Crippen LogP contribution is -2.13. The van der Waals surface area contributed by atoms with Crippen LogP contribution in [0.3, 0.4) is 0 Å². The highest BCUT2D eigenvalue weighted by atomic mass is 16.4. The third kappa shape index (κ3) is 2.71. The van der Waals surface area contributed by atoms with Crippen molar-refractivity contribution in [2.24, 2.45) is 5.92 Å². The van der Waals surface area contributed by atoms with Crippen LogP contribution in [-0.2, 0) is 4.79 Å². The van der Waals surface area contributed by atoms with Crippen LogP contribution in [0.15, 0.2) is 56.1 Å². The Bertz CT molecular complexity index is 1310. The second kappa shape index (κ2) is 6.09. The molecule has 2 aromatic carbocycles. The summed E-state index contributed by atoms with van der Waals surface area (Å²) in [6, 6.07) is 12.9. The van der Waals surface area contributed by atoms with Crippen molar-refractivity contribution in [1.29, 1.82) is 0 Å². The van der Waals surface area contributed by atoms with Crippen LogP contribution in [0.1, 0.15) is 24.0 Å². The number of furan rings is 1. The Labute approximate surface area is 161 Å². The van der Waals surface area contributed by atoms with Gasteiger partial charge in [-0.05, 0) is 56.0 Å². The molecule has 5 rings (SSSR count). The van der Waals surface area contributed by atoms with E-state index >= 15 is 0 Å². The van der Waals surface area contributed by atoms with Gasteiger partial charge in [0.05, 0.1) is 5.69 Å². The predicted octanol–water partition coefficient (Wildman–Crippen LogP) is 5.17. The number of carbonyl (C=O) groups is 1. The van der Waals surface area contributed by atoms with Gasteiger partial charge in [0, 0.05) is 28.3 Å². The number of amides is 1. The second-order valence-corrected chi connectivity index (χ2v) is 7.50. The summed E-state index contributed by atoms with van der Waals surface area (Å²) in [5, 5.41) is 4.65. The van der Waals surface area contributed by atoms with Gasteiger partial charge in [-0.2, -0.15) is 0 Å². The Kier molecular flexibility index (Phi) is 3.66. The molecule has 1 amide bonds. The minimum atomic E-state index is -0.450. The molecule has 140 valence electrons. The standard InChI is InChI=1S/C23H19NO4/c1-12-9-13(2)21-16(10-12)17(11-19(25)28-21)22-20(24-23(26)14-7-8-14)15-5-3-4-6-18(15)27-22/h3-6,9-11,14H,7-8H2,1-2H3,(H,24,26). The fourth-order valence-corrected chi connectivity index (χ4v) is 3.73. The van der Waals surface area contributed by atoms with Gasteiger partial charge in [-0.1, -0.05) is 18.2 Å². The van der Waals surface area contributed by atoms with E-state index in [9.17, 15) is 9.59 Å². The first-order valence-electron chi connectivity index (χ1n) is 9.39. The summed E-state index contributed by atoms with van der Waals surface area (Å²) < 4.78 is 11.6. The molecule has 0 unspecified atom stereocenters. The molecule has 1 aliphatic rings. The van der Waals surface area contributed by atoms with Crippen LogP contribution in [0.5, 0.6) is 0 Å². The zero-order valence-electron chi connectivity index (χ0n) is 15.7. The lowest BCUT2D eigenvalue weighted by atomic mass is 10.0. The Morgan fingerprint density at radius 2 is 1.82 bits per heavy atom. The number of benzene rings is 2. The number of hydrogen-bond acceptors (Lipinski definition) is 4. The fourth-order valence-electron chi connectivity index (χ4n) is 3.73. The van der Waals surface area contributed by atoms with E-state index in [0.717, 1.165) is 34.7 Å². The number of carbonyl (C=O) groups excluding carboxylic acids is 1. The van der Waals surface area contributed by atoms with Crippen molar-refractivity contribution in [3.63, 3.8) is 0 Å². The van der Waals surface area contributed by atoms with Crippen molar-refractivity contribution in [3.8, 4) is 11.3 Å². The van der Waals surface area contributed by atoms with Gasteiger partial charge in [-0.15, -0.1) is 0 Å². The third-order valence-corrected chi connectivity index (χ3v) is 5.21. The van der Waals surface area contributed by atoms with Crippen LogP contribution in [0.4, 0.5) is 5.69 Å². The topological polar surface area (TPSA) is 72.5 Å². The normalized spacial score (nSPS) is 13.9. The molecule has 2 aromatic heterocycles. The monoisotopic (exact) mass is 373 g/mol. The number of aryl methyl sites for hydroxylation is 2. The number of rotatable bonds is 3. The SMILES string of the molecule is Cc1cc(C)c2oc(=O)cc(-c3oc4ccccc4c3NC(=O)C3CC3)c2c1. The number of hydrogen-bond donors (Lipinski definition) is 1. The average molecular weight is 373 g/mol. The quantitative estimate of drug-likeness (QED) is 0.503. The maximum Gasteiger partial charge on any atom is 0.336 e. The molecule has 0 bridgehead atoms. The maximum absolute atomic E-state index is 12.5.